The summed E-state index contributed by atoms with van der Waals surface area (Å²) in [5.41, 5.74) is 0.394. The van der Waals surface area contributed by atoms with E-state index in [1.54, 1.807) is 0 Å². The van der Waals surface area contributed by atoms with E-state index in [0.717, 1.165) is 39.4 Å². The van der Waals surface area contributed by atoms with Crippen LogP contribution in [0.5, 0.6) is 0 Å². The minimum atomic E-state index is 0.361. The van der Waals surface area contributed by atoms with Crippen LogP contribution in [-0.2, 0) is 9.47 Å². The SMILES string of the molecule is CCNCC1(CN2C[C@@H](C)O[C@@H](C)C2)CCOCC1. The third kappa shape index (κ3) is 4.42. The summed E-state index contributed by atoms with van der Waals surface area (Å²) in [4.78, 5) is 2.60. The molecule has 0 spiro atoms. The van der Waals surface area contributed by atoms with Crippen molar-refractivity contribution in [2.45, 2.75) is 45.8 Å². The number of nitrogens with one attached hydrogen (secondary N) is 1. The maximum atomic E-state index is 5.84. The van der Waals surface area contributed by atoms with Gasteiger partial charge >= 0.3 is 0 Å². The van der Waals surface area contributed by atoms with Gasteiger partial charge in [-0.25, -0.2) is 0 Å². The second kappa shape index (κ2) is 7.02. The van der Waals surface area contributed by atoms with Crippen molar-refractivity contribution in [2.24, 2.45) is 5.41 Å². The molecule has 2 fully saturated rings. The van der Waals surface area contributed by atoms with Gasteiger partial charge in [-0.1, -0.05) is 6.92 Å². The number of ether oxygens (including phenoxy) is 2. The first-order valence-electron chi connectivity index (χ1n) is 7.80. The second-order valence-electron chi connectivity index (χ2n) is 6.34. The lowest BCUT2D eigenvalue weighted by molar-refractivity contribution is -0.0875. The molecule has 112 valence electrons. The third-order valence-corrected chi connectivity index (χ3v) is 4.36. The molecular weight excluding hydrogens is 240 g/mol. The molecule has 0 aromatic heterocycles. The maximum Gasteiger partial charge on any atom is 0.0678 e. The average molecular weight is 270 g/mol. The summed E-state index contributed by atoms with van der Waals surface area (Å²) >= 11 is 0. The van der Waals surface area contributed by atoms with Gasteiger partial charge in [0.1, 0.15) is 0 Å². The predicted octanol–water partition coefficient (Wildman–Crippen LogP) is 1.50. The highest BCUT2D eigenvalue weighted by Crippen LogP contribution is 2.32. The Morgan fingerprint density at radius 2 is 1.79 bits per heavy atom. The third-order valence-electron chi connectivity index (χ3n) is 4.36. The lowest BCUT2D eigenvalue weighted by Crippen LogP contribution is -2.53. The Morgan fingerprint density at radius 3 is 2.37 bits per heavy atom. The van der Waals surface area contributed by atoms with Crippen molar-refractivity contribution >= 4 is 0 Å². The lowest BCUT2D eigenvalue weighted by Gasteiger charge is -2.44. The Labute approximate surface area is 117 Å². The van der Waals surface area contributed by atoms with E-state index in [1.807, 2.05) is 0 Å². The van der Waals surface area contributed by atoms with E-state index >= 15 is 0 Å². The van der Waals surface area contributed by atoms with E-state index in [9.17, 15) is 0 Å². The van der Waals surface area contributed by atoms with E-state index in [4.69, 9.17) is 9.47 Å². The highest BCUT2D eigenvalue weighted by molar-refractivity contribution is 4.89. The van der Waals surface area contributed by atoms with Crippen LogP contribution in [0.3, 0.4) is 0 Å². The summed E-state index contributed by atoms with van der Waals surface area (Å²) in [5, 5.41) is 3.56. The molecule has 0 radical (unpaired) electrons. The molecule has 0 bridgehead atoms. The molecule has 2 rings (SSSR count). The van der Waals surface area contributed by atoms with Gasteiger partial charge in [0.2, 0.25) is 0 Å². The highest BCUT2D eigenvalue weighted by atomic mass is 16.5. The van der Waals surface area contributed by atoms with Crippen LogP contribution in [0.1, 0.15) is 33.6 Å². The smallest absolute Gasteiger partial charge is 0.0678 e. The van der Waals surface area contributed by atoms with Crippen molar-refractivity contribution in [1.29, 1.82) is 0 Å². The average Bonchev–Trinajstić information content (AvgIpc) is 2.36. The maximum absolute atomic E-state index is 5.84. The predicted molar refractivity (Wildman–Crippen MR) is 77.5 cm³/mol. The van der Waals surface area contributed by atoms with Gasteiger partial charge in [-0.2, -0.15) is 0 Å². The topological polar surface area (TPSA) is 33.7 Å². The van der Waals surface area contributed by atoms with Gasteiger partial charge in [0, 0.05) is 39.4 Å². The molecule has 2 saturated heterocycles. The first-order valence-corrected chi connectivity index (χ1v) is 7.80. The molecule has 4 nitrogen and oxygen atoms in total. The van der Waals surface area contributed by atoms with E-state index in [-0.39, 0.29) is 0 Å². The zero-order chi connectivity index (χ0) is 13.7. The summed E-state index contributed by atoms with van der Waals surface area (Å²) < 4.78 is 11.4. The van der Waals surface area contributed by atoms with Crippen molar-refractivity contribution in [1.82, 2.24) is 10.2 Å². The zero-order valence-electron chi connectivity index (χ0n) is 12.8. The molecule has 0 unspecified atom stereocenters. The first-order chi connectivity index (χ1) is 9.13. The van der Waals surface area contributed by atoms with E-state index in [2.05, 4.69) is 31.0 Å². The van der Waals surface area contributed by atoms with Crippen molar-refractivity contribution in [3.63, 3.8) is 0 Å². The Bertz CT molecular complexity index is 257. The van der Waals surface area contributed by atoms with Crippen molar-refractivity contribution < 1.29 is 9.47 Å². The monoisotopic (exact) mass is 270 g/mol. The lowest BCUT2D eigenvalue weighted by atomic mass is 9.79. The van der Waals surface area contributed by atoms with E-state index in [1.165, 1.54) is 19.4 Å². The highest BCUT2D eigenvalue weighted by Gasteiger charge is 2.36. The molecule has 2 aliphatic rings. The number of rotatable bonds is 5. The number of hydrogen-bond donors (Lipinski definition) is 1. The minimum Gasteiger partial charge on any atom is -0.381 e. The fourth-order valence-electron chi connectivity index (χ4n) is 3.47. The van der Waals surface area contributed by atoms with Crippen LogP contribution < -0.4 is 5.32 Å². The van der Waals surface area contributed by atoms with Gasteiger partial charge in [0.05, 0.1) is 12.2 Å². The van der Waals surface area contributed by atoms with Gasteiger partial charge in [-0.3, -0.25) is 4.90 Å². The summed E-state index contributed by atoms with van der Waals surface area (Å²) in [5.74, 6) is 0. The molecular formula is C15H30N2O2. The molecule has 0 aliphatic carbocycles. The second-order valence-corrected chi connectivity index (χ2v) is 6.34. The molecule has 0 aromatic carbocycles. The van der Waals surface area contributed by atoms with Gasteiger partial charge in [0.25, 0.3) is 0 Å². The number of nitrogens with zero attached hydrogens (tertiary/aromatic N) is 1. The van der Waals surface area contributed by atoms with Gasteiger partial charge < -0.3 is 14.8 Å². The zero-order valence-corrected chi connectivity index (χ0v) is 12.8. The summed E-state index contributed by atoms with van der Waals surface area (Å²) in [6.45, 7) is 13.9. The van der Waals surface area contributed by atoms with Crippen molar-refractivity contribution in [3.8, 4) is 0 Å². The molecule has 0 saturated carbocycles. The normalized spacial score (nSPS) is 32.4. The van der Waals surface area contributed by atoms with Crippen LogP contribution in [0.2, 0.25) is 0 Å². The van der Waals surface area contributed by atoms with Crippen molar-refractivity contribution in [3.05, 3.63) is 0 Å². The Balaban J connectivity index is 1.94. The standard InChI is InChI=1S/C15H30N2O2/c1-4-16-11-15(5-7-18-8-6-15)12-17-9-13(2)19-14(3)10-17/h13-14,16H,4-12H2,1-3H3/t13-,14+. The molecule has 19 heavy (non-hydrogen) atoms. The van der Waals surface area contributed by atoms with Crippen LogP contribution in [0, 0.1) is 5.41 Å². The minimum absolute atomic E-state index is 0.361. The summed E-state index contributed by atoms with van der Waals surface area (Å²) in [7, 11) is 0. The van der Waals surface area contributed by atoms with Gasteiger partial charge in [-0.15, -0.1) is 0 Å². The molecule has 2 heterocycles. The first kappa shape index (κ1) is 15.2. The van der Waals surface area contributed by atoms with E-state index in [0.29, 0.717) is 17.6 Å². The quantitative estimate of drug-likeness (QED) is 0.821. The number of morpholine rings is 1. The van der Waals surface area contributed by atoms with E-state index < -0.39 is 0 Å². The van der Waals surface area contributed by atoms with Crippen LogP contribution in [0.4, 0.5) is 0 Å². The fourth-order valence-corrected chi connectivity index (χ4v) is 3.47. The molecule has 4 heteroatoms. The van der Waals surface area contributed by atoms with Gasteiger partial charge in [-0.05, 0) is 38.6 Å². The fraction of sp³-hybridized carbons (Fsp3) is 1.00. The Hall–Kier alpha value is -0.160. The van der Waals surface area contributed by atoms with Crippen LogP contribution in [-0.4, -0.2) is 63.0 Å². The summed E-state index contributed by atoms with van der Waals surface area (Å²) in [6.07, 6.45) is 3.08. The van der Waals surface area contributed by atoms with Crippen LogP contribution >= 0.6 is 0 Å². The largest absolute Gasteiger partial charge is 0.381 e. The number of hydrogen-bond acceptors (Lipinski definition) is 4. The van der Waals surface area contributed by atoms with Gasteiger partial charge in [0.15, 0.2) is 0 Å². The van der Waals surface area contributed by atoms with Crippen LogP contribution in [0.25, 0.3) is 0 Å². The van der Waals surface area contributed by atoms with Crippen LogP contribution in [0.15, 0.2) is 0 Å². The molecule has 2 aliphatic heterocycles. The molecule has 0 amide bonds. The summed E-state index contributed by atoms with van der Waals surface area (Å²) in [6, 6.07) is 0. The molecule has 0 aromatic rings. The molecule has 2 atom stereocenters. The van der Waals surface area contributed by atoms with Crippen molar-refractivity contribution in [2.75, 3.05) is 45.9 Å². The molecule has 1 N–H and O–H groups in total. The Morgan fingerprint density at radius 1 is 1.16 bits per heavy atom. The Kier molecular flexibility index (Phi) is 5.63.